The first-order valence-electron chi connectivity index (χ1n) is 7.92. The quantitative estimate of drug-likeness (QED) is 0.804. The minimum Gasteiger partial charge on any atom is -0.356 e. The number of halogens is 1. The predicted octanol–water partition coefficient (Wildman–Crippen LogP) is 3.73. The van der Waals surface area contributed by atoms with Crippen molar-refractivity contribution in [2.24, 2.45) is 0 Å². The largest absolute Gasteiger partial charge is 0.356 e. The molecule has 0 aromatic heterocycles. The molecular weight excluding hydrogens is 324 g/mol. The van der Waals surface area contributed by atoms with Gasteiger partial charge in [-0.25, -0.2) is 0 Å². The van der Waals surface area contributed by atoms with Gasteiger partial charge >= 0.3 is 0 Å². The number of benzene rings is 2. The van der Waals surface area contributed by atoms with E-state index in [9.17, 15) is 9.59 Å². The molecular formula is C19H21ClN2O2. The van der Waals surface area contributed by atoms with Crippen molar-refractivity contribution in [2.45, 2.75) is 26.2 Å². The van der Waals surface area contributed by atoms with E-state index in [2.05, 4.69) is 10.6 Å². The topological polar surface area (TPSA) is 58.2 Å². The zero-order chi connectivity index (χ0) is 17.4. The lowest BCUT2D eigenvalue weighted by atomic mass is 10.1. The Hall–Kier alpha value is -2.33. The maximum Gasteiger partial charge on any atom is 0.224 e. The fourth-order valence-corrected chi connectivity index (χ4v) is 2.44. The summed E-state index contributed by atoms with van der Waals surface area (Å²) in [5, 5.41) is 6.22. The average molecular weight is 345 g/mol. The number of carbonyl (C=O) groups excluding carboxylic acids is 2. The summed E-state index contributed by atoms with van der Waals surface area (Å²) in [6, 6.07) is 15.3. The first-order chi connectivity index (χ1) is 11.6. The highest BCUT2D eigenvalue weighted by Crippen LogP contribution is 2.23. The zero-order valence-corrected chi connectivity index (χ0v) is 14.4. The van der Waals surface area contributed by atoms with Crippen LogP contribution in [0.4, 0.5) is 5.69 Å². The van der Waals surface area contributed by atoms with Gasteiger partial charge in [-0.2, -0.15) is 0 Å². The van der Waals surface area contributed by atoms with E-state index in [1.807, 2.05) is 37.3 Å². The van der Waals surface area contributed by atoms with Crippen LogP contribution in [0, 0.1) is 6.92 Å². The molecule has 0 aliphatic carbocycles. The molecule has 0 aliphatic rings. The van der Waals surface area contributed by atoms with Crippen LogP contribution in [-0.2, 0) is 16.0 Å². The van der Waals surface area contributed by atoms with Crippen molar-refractivity contribution in [1.82, 2.24) is 5.32 Å². The number of rotatable bonds is 7. The molecule has 0 aliphatic heterocycles. The van der Waals surface area contributed by atoms with E-state index in [4.69, 9.17) is 11.6 Å². The summed E-state index contributed by atoms with van der Waals surface area (Å²) < 4.78 is 0. The lowest BCUT2D eigenvalue weighted by Gasteiger charge is -2.09. The van der Waals surface area contributed by atoms with Gasteiger partial charge in [-0.15, -0.1) is 0 Å². The molecule has 24 heavy (non-hydrogen) atoms. The minimum absolute atomic E-state index is 0.121. The molecule has 5 heteroatoms. The normalized spacial score (nSPS) is 10.2. The molecule has 0 atom stereocenters. The number of hydrogen-bond donors (Lipinski definition) is 2. The van der Waals surface area contributed by atoms with Gasteiger partial charge in [0.25, 0.3) is 0 Å². The van der Waals surface area contributed by atoms with E-state index < -0.39 is 0 Å². The Kier molecular flexibility index (Phi) is 6.82. The van der Waals surface area contributed by atoms with E-state index in [-0.39, 0.29) is 24.7 Å². The Morgan fingerprint density at radius 1 is 0.958 bits per heavy atom. The lowest BCUT2D eigenvalue weighted by molar-refractivity contribution is -0.124. The maximum atomic E-state index is 11.9. The molecule has 126 valence electrons. The van der Waals surface area contributed by atoms with E-state index in [0.29, 0.717) is 17.3 Å². The average Bonchev–Trinajstić information content (AvgIpc) is 2.58. The van der Waals surface area contributed by atoms with Gasteiger partial charge in [0, 0.05) is 30.1 Å². The van der Waals surface area contributed by atoms with E-state index in [1.165, 1.54) is 5.56 Å². The highest BCUT2D eigenvalue weighted by atomic mass is 35.5. The van der Waals surface area contributed by atoms with E-state index in [1.54, 1.807) is 18.2 Å². The third-order valence-electron chi connectivity index (χ3n) is 3.70. The van der Waals surface area contributed by atoms with E-state index >= 15 is 0 Å². The molecule has 4 nitrogen and oxygen atoms in total. The van der Waals surface area contributed by atoms with Crippen molar-refractivity contribution < 1.29 is 9.59 Å². The first-order valence-corrected chi connectivity index (χ1v) is 8.29. The van der Waals surface area contributed by atoms with Gasteiger partial charge < -0.3 is 10.6 Å². The number of amides is 2. The van der Waals surface area contributed by atoms with Crippen molar-refractivity contribution in [2.75, 3.05) is 11.9 Å². The second-order valence-electron chi connectivity index (χ2n) is 5.55. The SMILES string of the molecule is Cc1c(Cl)cccc1NC(=O)CCC(=O)NCCc1ccccc1. The van der Waals surface area contributed by atoms with Crippen molar-refractivity contribution >= 4 is 29.1 Å². The Balaban J connectivity index is 1.69. The van der Waals surface area contributed by atoms with Gasteiger partial charge in [-0.05, 0) is 36.6 Å². The number of carbonyl (C=O) groups is 2. The molecule has 0 saturated carbocycles. The van der Waals surface area contributed by atoms with Gasteiger partial charge in [0.15, 0.2) is 0 Å². The maximum absolute atomic E-state index is 11.9. The third kappa shape index (κ3) is 5.70. The molecule has 2 aromatic rings. The fourth-order valence-electron chi connectivity index (χ4n) is 2.26. The molecule has 0 heterocycles. The molecule has 0 radical (unpaired) electrons. The van der Waals surface area contributed by atoms with Crippen LogP contribution in [0.25, 0.3) is 0 Å². The molecule has 0 unspecified atom stereocenters. The van der Waals surface area contributed by atoms with Gasteiger partial charge in [-0.3, -0.25) is 9.59 Å². The minimum atomic E-state index is -0.196. The van der Waals surface area contributed by atoms with Gasteiger partial charge in [0.2, 0.25) is 11.8 Å². The Morgan fingerprint density at radius 2 is 1.67 bits per heavy atom. The van der Waals surface area contributed by atoms with Crippen LogP contribution < -0.4 is 10.6 Å². The summed E-state index contributed by atoms with van der Waals surface area (Å²) in [6.45, 7) is 2.41. The monoisotopic (exact) mass is 344 g/mol. The standard InChI is InChI=1S/C19H21ClN2O2/c1-14-16(20)8-5-9-17(14)22-19(24)11-10-18(23)21-13-12-15-6-3-2-4-7-15/h2-9H,10-13H2,1H3,(H,21,23)(H,22,24). The van der Waals surface area contributed by atoms with Crippen molar-refractivity contribution in [3.8, 4) is 0 Å². The van der Waals surface area contributed by atoms with Gasteiger partial charge in [-0.1, -0.05) is 48.0 Å². The molecule has 2 amide bonds. The smallest absolute Gasteiger partial charge is 0.224 e. The number of anilines is 1. The van der Waals surface area contributed by atoms with Gasteiger partial charge in [0.1, 0.15) is 0 Å². The highest BCUT2D eigenvalue weighted by molar-refractivity contribution is 6.31. The Labute approximate surface area is 147 Å². The summed E-state index contributed by atoms with van der Waals surface area (Å²) in [7, 11) is 0. The van der Waals surface area contributed by atoms with Crippen LogP contribution in [0.2, 0.25) is 5.02 Å². The molecule has 2 rings (SSSR count). The fraction of sp³-hybridized carbons (Fsp3) is 0.263. The summed E-state index contributed by atoms with van der Waals surface area (Å²) in [6.07, 6.45) is 1.09. The van der Waals surface area contributed by atoms with Crippen LogP contribution >= 0.6 is 11.6 Å². The predicted molar refractivity (Wildman–Crippen MR) is 97.2 cm³/mol. The summed E-state index contributed by atoms with van der Waals surface area (Å²) in [5.41, 5.74) is 2.67. The molecule has 0 saturated heterocycles. The van der Waals surface area contributed by atoms with Crippen LogP contribution in [0.15, 0.2) is 48.5 Å². The second kappa shape index (κ2) is 9.08. The van der Waals surface area contributed by atoms with Crippen molar-refractivity contribution in [1.29, 1.82) is 0 Å². The van der Waals surface area contributed by atoms with Gasteiger partial charge in [0.05, 0.1) is 0 Å². The second-order valence-corrected chi connectivity index (χ2v) is 5.95. The summed E-state index contributed by atoms with van der Waals surface area (Å²) >= 11 is 6.02. The van der Waals surface area contributed by atoms with Crippen LogP contribution in [0.5, 0.6) is 0 Å². The Morgan fingerprint density at radius 3 is 2.42 bits per heavy atom. The number of hydrogen-bond acceptors (Lipinski definition) is 2. The zero-order valence-electron chi connectivity index (χ0n) is 13.6. The van der Waals surface area contributed by atoms with E-state index in [0.717, 1.165) is 12.0 Å². The molecule has 0 fully saturated rings. The highest BCUT2D eigenvalue weighted by Gasteiger charge is 2.09. The van der Waals surface area contributed by atoms with Crippen molar-refractivity contribution in [3.05, 3.63) is 64.7 Å². The van der Waals surface area contributed by atoms with Crippen molar-refractivity contribution in [3.63, 3.8) is 0 Å². The van der Waals surface area contributed by atoms with Crippen LogP contribution in [0.1, 0.15) is 24.0 Å². The lowest BCUT2D eigenvalue weighted by Crippen LogP contribution is -2.26. The van der Waals surface area contributed by atoms with Crippen LogP contribution in [0.3, 0.4) is 0 Å². The molecule has 2 N–H and O–H groups in total. The Bertz CT molecular complexity index is 702. The third-order valence-corrected chi connectivity index (χ3v) is 4.11. The number of nitrogens with one attached hydrogen (secondary N) is 2. The molecule has 0 bridgehead atoms. The first kappa shape index (κ1) is 18.0. The summed E-state index contributed by atoms with van der Waals surface area (Å²) in [5.74, 6) is -0.317. The van der Waals surface area contributed by atoms with Crippen LogP contribution in [-0.4, -0.2) is 18.4 Å². The molecule has 2 aromatic carbocycles. The summed E-state index contributed by atoms with van der Waals surface area (Å²) in [4.78, 5) is 23.7. The molecule has 0 spiro atoms.